The fourth-order valence-electron chi connectivity index (χ4n) is 13.3. The van der Waals surface area contributed by atoms with Crippen LogP contribution in [-0.2, 0) is 5.41 Å². The molecule has 3 aliphatic rings. The summed E-state index contributed by atoms with van der Waals surface area (Å²) in [5, 5.41) is 8.92. The normalized spacial score (nSPS) is 15.8. The minimum absolute atomic E-state index is 0.0728. The van der Waals surface area contributed by atoms with Gasteiger partial charge in [0.2, 0.25) is 0 Å². The number of fused-ring (bicyclic) bond motifs is 4. The molecule has 398 valence electrons. The van der Waals surface area contributed by atoms with Crippen LogP contribution in [0.1, 0.15) is 142 Å². The van der Waals surface area contributed by atoms with Gasteiger partial charge in [0.25, 0.3) is 0 Å². The van der Waals surface area contributed by atoms with Crippen LogP contribution < -0.4 is 15.6 Å². The summed E-state index contributed by atoms with van der Waals surface area (Å²) in [6.07, 6.45) is 12.1. The molecule has 11 rings (SSSR count). The highest BCUT2D eigenvalue weighted by atomic mass is 28.3. The number of benzene rings is 8. The zero-order valence-corrected chi connectivity index (χ0v) is 51.7. The van der Waals surface area contributed by atoms with Crippen LogP contribution in [0.4, 0.5) is 0 Å². The maximum absolute atomic E-state index is 4.10. The lowest BCUT2D eigenvalue weighted by Crippen LogP contribution is -2.38. The van der Waals surface area contributed by atoms with E-state index in [1.165, 1.54) is 155 Å². The van der Waals surface area contributed by atoms with Crippen molar-refractivity contribution in [1.82, 2.24) is 0 Å². The molecule has 8 aromatic rings. The maximum atomic E-state index is 4.10. The molecule has 0 unspecified atom stereocenters. The number of rotatable bonds is 5. The zero-order valence-electron chi connectivity index (χ0n) is 50.7. The van der Waals surface area contributed by atoms with Crippen molar-refractivity contribution in [3.63, 3.8) is 0 Å². The second-order valence-electron chi connectivity index (χ2n) is 26.7. The summed E-state index contributed by atoms with van der Waals surface area (Å²) in [6, 6.07) is 53.5. The van der Waals surface area contributed by atoms with Gasteiger partial charge in [-0.1, -0.05) is 167 Å². The largest absolute Gasteiger partial charge is 0.0976 e. The standard InChI is InChI=1S/C79H80Si/c1-47-34-55(35-48(2)70(47)45-72-62-26-18-22-30-66(62)76(67-31-23-19-27-63(67)72)74-51(5)38-59(39-52(74)6)78(9,10)11)57-42-58(44-61(43-57)80(15,16)17)56-36-49(3)71(50(4)37-56)46-73-64-28-20-24-32-68(64)77(69-33-25-21-29-65(69)73)75-53(7)40-60(41-54(75)8)79(12,13)14/h18-45,76H,1-17H3/q+2. The lowest BCUT2D eigenvalue weighted by molar-refractivity contribution is 0.472. The highest BCUT2D eigenvalue weighted by Crippen LogP contribution is 2.49. The van der Waals surface area contributed by atoms with Crippen molar-refractivity contribution < 1.29 is 0 Å². The fourth-order valence-corrected chi connectivity index (χ4v) is 14.5. The third-order valence-corrected chi connectivity index (χ3v) is 19.6. The van der Waals surface area contributed by atoms with Crippen LogP contribution >= 0.6 is 0 Å². The second-order valence-corrected chi connectivity index (χ2v) is 31.8. The molecule has 0 heterocycles. The van der Waals surface area contributed by atoms with Crippen molar-refractivity contribution in [2.24, 2.45) is 5.41 Å². The molecule has 0 radical (unpaired) electrons. The summed E-state index contributed by atoms with van der Waals surface area (Å²) in [7, 11) is -1.76. The van der Waals surface area contributed by atoms with Crippen LogP contribution in [0.3, 0.4) is 0 Å². The first-order chi connectivity index (χ1) is 37.9. The Balaban J connectivity index is 1.000. The van der Waals surface area contributed by atoms with E-state index >= 15 is 0 Å². The fraction of sp³-hybridized carbons (Fsp3) is 0.253. The SMILES string of the molecule is CC1=C[C+](c2cc(-c3cc(C)c(C=C4c5ccccc5C(c5c(C)cc(C(C)(C)C)cc5C)c5ccccc54)c(C)c3)cc([Si](C)(C)C)c2)C=C(C)C1=C=c1c2ccccc2c(=C2C(C)=C[C+](C(C)(C)C)C=C2C)c2ccccc12. The van der Waals surface area contributed by atoms with Crippen molar-refractivity contribution in [1.29, 1.82) is 0 Å². The smallest absolute Gasteiger partial charge is 0.0860 e. The van der Waals surface area contributed by atoms with E-state index in [0.29, 0.717) is 0 Å². The molecule has 0 saturated heterocycles. The summed E-state index contributed by atoms with van der Waals surface area (Å²) in [5.74, 6) is 2.78. The van der Waals surface area contributed by atoms with Crippen molar-refractivity contribution >= 4 is 57.8 Å². The van der Waals surface area contributed by atoms with Gasteiger partial charge in [-0.15, -0.1) is 0 Å². The summed E-state index contributed by atoms with van der Waals surface area (Å²) in [6.45, 7) is 39.7. The molecule has 3 aliphatic carbocycles. The van der Waals surface area contributed by atoms with Gasteiger partial charge in [0.05, 0.1) is 59.9 Å². The molecule has 0 aromatic heterocycles. The first-order valence-electron chi connectivity index (χ1n) is 29.1. The predicted molar refractivity (Wildman–Crippen MR) is 351 cm³/mol. The highest BCUT2D eigenvalue weighted by molar-refractivity contribution is 6.88. The first-order valence-corrected chi connectivity index (χ1v) is 32.6. The van der Waals surface area contributed by atoms with Crippen LogP contribution in [0.5, 0.6) is 0 Å². The third kappa shape index (κ3) is 9.78. The van der Waals surface area contributed by atoms with Crippen LogP contribution in [0.25, 0.3) is 55.6 Å². The average molecular weight is 1060 g/mol. The molecular formula is C79H80Si+2. The van der Waals surface area contributed by atoms with Crippen LogP contribution in [-0.4, -0.2) is 8.07 Å². The minimum atomic E-state index is -1.76. The molecule has 0 atom stereocenters. The molecule has 1 heteroatoms. The van der Waals surface area contributed by atoms with Crippen molar-refractivity contribution in [2.75, 3.05) is 0 Å². The Morgan fingerprint density at radius 3 is 1.46 bits per heavy atom. The predicted octanol–water partition coefficient (Wildman–Crippen LogP) is 19.3. The van der Waals surface area contributed by atoms with Gasteiger partial charge in [-0.25, -0.2) is 0 Å². The van der Waals surface area contributed by atoms with E-state index in [9.17, 15) is 0 Å². The molecule has 0 spiro atoms. The summed E-state index contributed by atoms with van der Waals surface area (Å²) >= 11 is 0. The molecule has 8 aromatic carbocycles. The number of aryl methyl sites for hydroxylation is 4. The first kappa shape index (κ1) is 54.4. The Morgan fingerprint density at radius 1 is 0.500 bits per heavy atom. The number of hydrogen-bond acceptors (Lipinski definition) is 0. The van der Waals surface area contributed by atoms with Gasteiger partial charge in [-0.05, 0) is 179 Å². The minimum Gasteiger partial charge on any atom is -0.0860 e. The molecule has 0 N–H and O–H groups in total. The van der Waals surface area contributed by atoms with E-state index in [1.54, 1.807) is 0 Å². The van der Waals surface area contributed by atoms with Crippen molar-refractivity contribution in [2.45, 2.75) is 128 Å². The monoisotopic (exact) mass is 1060 g/mol. The summed E-state index contributed by atoms with van der Waals surface area (Å²) in [5.41, 5.74) is 31.8. The molecule has 0 saturated carbocycles. The Bertz CT molecular complexity index is 4030. The lowest BCUT2D eigenvalue weighted by atomic mass is 9.70. The summed E-state index contributed by atoms with van der Waals surface area (Å²) in [4.78, 5) is 0. The second kappa shape index (κ2) is 20.2. The lowest BCUT2D eigenvalue weighted by Gasteiger charge is -2.33. The van der Waals surface area contributed by atoms with Gasteiger partial charge in [-0.3, -0.25) is 0 Å². The average Bonchev–Trinajstić information content (AvgIpc) is 3.59. The van der Waals surface area contributed by atoms with E-state index in [2.05, 4.69) is 292 Å². The summed E-state index contributed by atoms with van der Waals surface area (Å²) < 4.78 is 0. The van der Waals surface area contributed by atoms with Crippen molar-refractivity contribution in [3.8, 4) is 11.1 Å². The Labute approximate surface area is 480 Å². The molecule has 80 heavy (non-hydrogen) atoms. The maximum Gasteiger partial charge on any atom is 0.0976 e. The van der Waals surface area contributed by atoms with Crippen LogP contribution in [0.15, 0.2) is 192 Å². The third-order valence-electron chi connectivity index (χ3n) is 17.6. The van der Waals surface area contributed by atoms with Crippen LogP contribution in [0, 0.1) is 44.9 Å². The molecule has 0 nitrogen and oxygen atoms in total. The zero-order chi connectivity index (χ0) is 56.9. The number of allylic oxidation sites excluding steroid dienone is 9. The van der Waals surface area contributed by atoms with E-state index in [-0.39, 0.29) is 16.7 Å². The molecular weight excluding hydrogens is 977 g/mol. The van der Waals surface area contributed by atoms with Crippen molar-refractivity contribution in [3.05, 3.63) is 281 Å². The van der Waals surface area contributed by atoms with Crippen LogP contribution in [0.2, 0.25) is 19.6 Å². The molecule has 0 fully saturated rings. The number of hydrogen-bond donors (Lipinski definition) is 0. The van der Waals surface area contributed by atoms with E-state index in [4.69, 9.17) is 0 Å². The topological polar surface area (TPSA) is 0 Å². The van der Waals surface area contributed by atoms with Gasteiger partial charge in [0.1, 0.15) is 0 Å². The molecule has 0 bridgehead atoms. The van der Waals surface area contributed by atoms with Gasteiger partial charge in [-0.2, -0.15) is 0 Å². The quantitative estimate of drug-likeness (QED) is 0.0915. The van der Waals surface area contributed by atoms with E-state index in [1.807, 2.05) is 0 Å². The Hall–Kier alpha value is -7.54. The molecule has 0 aliphatic heterocycles. The molecule has 0 amide bonds. The Kier molecular flexibility index (Phi) is 13.8. The van der Waals surface area contributed by atoms with Gasteiger partial charge < -0.3 is 0 Å². The van der Waals surface area contributed by atoms with Gasteiger partial charge >= 0.3 is 0 Å². The van der Waals surface area contributed by atoms with E-state index in [0.717, 1.165) is 10.8 Å². The highest BCUT2D eigenvalue weighted by Gasteiger charge is 2.35. The Morgan fingerprint density at radius 2 is 0.975 bits per heavy atom. The van der Waals surface area contributed by atoms with E-state index < -0.39 is 8.07 Å². The van der Waals surface area contributed by atoms with Gasteiger partial charge in [0, 0.05) is 76.6 Å². The van der Waals surface area contributed by atoms with Gasteiger partial charge in [0.15, 0.2) is 0 Å².